The molecule has 0 spiro atoms. The lowest BCUT2D eigenvalue weighted by molar-refractivity contribution is 0.0964. The molecule has 88 valence electrons. The maximum Gasteiger partial charge on any atom is 0.194 e. The number of fused-ring (bicyclic) bond motifs is 1. The number of hydrogen-bond donors (Lipinski definition) is 1. The second kappa shape index (κ2) is 3.55. The first-order valence-electron chi connectivity index (χ1n) is 5.45. The molecule has 3 heteroatoms. The van der Waals surface area contributed by atoms with Gasteiger partial charge in [0.25, 0.3) is 0 Å². The van der Waals surface area contributed by atoms with Crippen LogP contribution >= 0.6 is 0 Å². The van der Waals surface area contributed by atoms with Gasteiger partial charge in [-0.2, -0.15) is 0 Å². The molecule has 0 fully saturated rings. The molecule has 0 bridgehead atoms. The Hall–Kier alpha value is -1.90. The minimum absolute atomic E-state index is 0.129. The maximum atomic E-state index is 12.2. The number of carbonyl (C=O) groups is 2. The molecular weight excluding hydrogens is 216 g/mol. The molecule has 0 aliphatic heterocycles. The van der Waals surface area contributed by atoms with E-state index in [1.165, 1.54) is 12.1 Å². The van der Waals surface area contributed by atoms with Crippen LogP contribution in [0.5, 0.6) is 5.75 Å². The first-order valence-corrected chi connectivity index (χ1v) is 5.45. The predicted octanol–water partition coefficient (Wildman–Crippen LogP) is 2.74. The number of allylic oxidation sites excluding steroid dienone is 2. The van der Waals surface area contributed by atoms with Crippen LogP contribution in [-0.2, 0) is 0 Å². The number of benzene rings is 1. The predicted molar refractivity (Wildman–Crippen MR) is 64.3 cm³/mol. The quantitative estimate of drug-likeness (QED) is 0.745. The highest BCUT2D eigenvalue weighted by molar-refractivity contribution is 6.26. The van der Waals surface area contributed by atoms with Gasteiger partial charge in [-0.1, -0.05) is 32.9 Å². The van der Waals surface area contributed by atoms with Gasteiger partial charge in [0.2, 0.25) is 0 Å². The minimum atomic E-state index is -0.410. The van der Waals surface area contributed by atoms with Gasteiger partial charge >= 0.3 is 0 Å². The lowest BCUT2D eigenvalue weighted by Gasteiger charge is -2.25. The van der Waals surface area contributed by atoms with Crippen LogP contribution in [-0.4, -0.2) is 16.7 Å². The Morgan fingerprint density at radius 1 is 1.12 bits per heavy atom. The highest BCUT2D eigenvalue weighted by Crippen LogP contribution is 2.36. The van der Waals surface area contributed by atoms with Gasteiger partial charge in [-0.3, -0.25) is 9.59 Å². The van der Waals surface area contributed by atoms with E-state index in [1.54, 1.807) is 12.1 Å². The van der Waals surface area contributed by atoms with E-state index < -0.39 is 5.41 Å². The fourth-order valence-electron chi connectivity index (χ4n) is 1.95. The largest absolute Gasteiger partial charge is 0.507 e. The fourth-order valence-corrected chi connectivity index (χ4v) is 1.95. The Balaban J connectivity index is 2.67. The molecule has 1 aliphatic rings. The topological polar surface area (TPSA) is 54.4 Å². The van der Waals surface area contributed by atoms with E-state index in [0.717, 1.165) is 0 Å². The van der Waals surface area contributed by atoms with Crippen molar-refractivity contribution in [1.29, 1.82) is 0 Å². The molecule has 1 N–H and O–H groups in total. The Bertz CT molecular complexity index is 545. The summed E-state index contributed by atoms with van der Waals surface area (Å²) in [6, 6.07) is 4.55. The Morgan fingerprint density at radius 3 is 2.35 bits per heavy atom. The molecule has 3 nitrogen and oxygen atoms in total. The van der Waals surface area contributed by atoms with Crippen LogP contribution in [0.1, 0.15) is 41.5 Å². The summed E-state index contributed by atoms with van der Waals surface area (Å²) < 4.78 is 0. The lowest BCUT2D eigenvalue weighted by Crippen LogP contribution is -2.25. The molecule has 1 aromatic carbocycles. The molecular formula is C14H14O3. The van der Waals surface area contributed by atoms with Gasteiger partial charge in [0.05, 0.1) is 5.56 Å². The van der Waals surface area contributed by atoms with Gasteiger partial charge in [-0.05, 0) is 17.6 Å². The molecule has 17 heavy (non-hydrogen) atoms. The van der Waals surface area contributed by atoms with Crippen molar-refractivity contribution in [3.05, 3.63) is 41.0 Å². The summed E-state index contributed by atoms with van der Waals surface area (Å²) in [5.74, 6) is -0.610. The van der Waals surface area contributed by atoms with Crippen LogP contribution in [0.25, 0.3) is 0 Å². The van der Waals surface area contributed by atoms with Gasteiger partial charge in [-0.15, -0.1) is 0 Å². The Labute approximate surface area is 99.8 Å². The number of aromatic hydroxyl groups is 1. The van der Waals surface area contributed by atoms with Crippen molar-refractivity contribution in [1.82, 2.24) is 0 Å². The summed E-state index contributed by atoms with van der Waals surface area (Å²) in [5, 5.41) is 9.73. The van der Waals surface area contributed by atoms with Crippen LogP contribution in [0.2, 0.25) is 0 Å². The highest BCUT2D eigenvalue weighted by Gasteiger charge is 2.33. The van der Waals surface area contributed by atoms with Crippen molar-refractivity contribution < 1.29 is 14.7 Å². The number of rotatable bonds is 0. The summed E-state index contributed by atoms with van der Waals surface area (Å²) in [6.07, 6.45) is 1.38. The zero-order valence-electron chi connectivity index (χ0n) is 10.1. The molecule has 0 heterocycles. The average molecular weight is 230 g/mol. The zero-order valence-corrected chi connectivity index (χ0v) is 10.1. The number of carbonyl (C=O) groups excluding carboxylic acids is 2. The number of phenols is 1. The summed E-state index contributed by atoms with van der Waals surface area (Å²) in [7, 11) is 0. The third-order valence-electron chi connectivity index (χ3n) is 2.86. The molecule has 1 aliphatic carbocycles. The van der Waals surface area contributed by atoms with Crippen molar-refractivity contribution in [3.63, 3.8) is 0 Å². The van der Waals surface area contributed by atoms with Gasteiger partial charge in [-0.25, -0.2) is 0 Å². The Kier molecular flexibility index (Phi) is 2.42. The van der Waals surface area contributed by atoms with Crippen LogP contribution < -0.4 is 0 Å². The third kappa shape index (κ3) is 1.78. The standard InChI is InChI=1S/C14H14O3/c1-14(2,3)9-7-11(16)8-5-4-6-10(15)12(8)13(9)17/h4-7,15H,1-3H3. The molecule has 1 aromatic rings. The maximum absolute atomic E-state index is 12.2. The molecule has 0 radical (unpaired) electrons. The van der Waals surface area contributed by atoms with Crippen molar-refractivity contribution in [2.75, 3.05) is 0 Å². The average Bonchev–Trinajstić information content (AvgIpc) is 2.21. The van der Waals surface area contributed by atoms with Crippen LogP contribution in [0.4, 0.5) is 0 Å². The second-order valence-electron chi connectivity index (χ2n) is 5.20. The number of Topliss-reactive ketones (excluding diaryl/α,β-unsaturated/α-hetero) is 1. The molecule has 0 amide bonds. The number of ketones is 2. The zero-order chi connectivity index (χ0) is 12.8. The summed E-state index contributed by atoms with van der Waals surface area (Å²) in [5.41, 5.74) is 0.441. The van der Waals surface area contributed by atoms with Gasteiger partial charge in [0.1, 0.15) is 5.75 Å². The molecule has 0 aromatic heterocycles. The monoisotopic (exact) mass is 230 g/mol. The SMILES string of the molecule is CC(C)(C)C1=CC(=O)c2cccc(O)c2C1=O. The third-order valence-corrected chi connectivity index (χ3v) is 2.86. The first kappa shape index (κ1) is 11.6. The number of phenolic OH excluding ortho intramolecular Hbond substituents is 1. The van der Waals surface area contributed by atoms with Crippen molar-refractivity contribution >= 4 is 11.6 Å². The Morgan fingerprint density at radius 2 is 1.76 bits per heavy atom. The van der Waals surface area contributed by atoms with E-state index in [-0.39, 0.29) is 28.4 Å². The molecule has 0 atom stereocenters. The van der Waals surface area contributed by atoms with E-state index in [1.807, 2.05) is 20.8 Å². The number of hydrogen-bond acceptors (Lipinski definition) is 3. The lowest BCUT2D eigenvalue weighted by atomic mass is 9.76. The van der Waals surface area contributed by atoms with Crippen molar-refractivity contribution in [2.45, 2.75) is 20.8 Å². The molecule has 0 unspecified atom stereocenters. The van der Waals surface area contributed by atoms with Crippen molar-refractivity contribution in [3.8, 4) is 5.75 Å². The smallest absolute Gasteiger partial charge is 0.194 e. The van der Waals surface area contributed by atoms with E-state index in [4.69, 9.17) is 0 Å². The molecule has 0 saturated carbocycles. The fraction of sp³-hybridized carbons (Fsp3) is 0.286. The van der Waals surface area contributed by atoms with Crippen LogP contribution in [0.3, 0.4) is 0 Å². The minimum Gasteiger partial charge on any atom is -0.507 e. The second-order valence-corrected chi connectivity index (χ2v) is 5.20. The van der Waals surface area contributed by atoms with Crippen LogP contribution in [0, 0.1) is 5.41 Å². The first-order chi connectivity index (χ1) is 7.82. The van der Waals surface area contributed by atoms with E-state index in [0.29, 0.717) is 5.57 Å². The van der Waals surface area contributed by atoms with E-state index in [2.05, 4.69) is 0 Å². The normalized spacial score (nSPS) is 15.6. The summed E-state index contributed by atoms with van der Waals surface area (Å²) >= 11 is 0. The van der Waals surface area contributed by atoms with Crippen molar-refractivity contribution in [2.24, 2.45) is 5.41 Å². The summed E-state index contributed by atoms with van der Waals surface area (Å²) in [4.78, 5) is 24.1. The van der Waals surface area contributed by atoms with Crippen LogP contribution in [0.15, 0.2) is 29.8 Å². The van der Waals surface area contributed by atoms with E-state index in [9.17, 15) is 14.7 Å². The highest BCUT2D eigenvalue weighted by atomic mass is 16.3. The van der Waals surface area contributed by atoms with Gasteiger partial charge in [0, 0.05) is 11.1 Å². The van der Waals surface area contributed by atoms with Gasteiger partial charge < -0.3 is 5.11 Å². The molecule has 0 saturated heterocycles. The van der Waals surface area contributed by atoms with Gasteiger partial charge in [0.15, 0.2) is 11.6 Å². The molecule has 2 rings (SSSR count). The van der Waals surface area contributed by atoms with E-state index >= 15 is 0 Å². The summed E-state index contributed by atoms with van der Waals surface area (Å²) in [6.45, 7) is 5.61.